The highest BCUT2D eigenvalue weighted by molar-refractivity contribution is 7.99. The Bertz CT molecular complexity index is 387. The van der Waals surface area contributed by atoms with Crippen LogP contribution in [0.25, 0.3) is 0 Å². The summed E-state index contributed by atoms with van der Waals surface area (Å²) in [6, 6.07) is 10.3. The van der Waals surface area contributed by atoms with Crippen LogP contribution in [0.5, 0.6) is 0 Å². The molecular weight excluding hydrogens is 244 g/mol. The summed E-state index contributed by atoms with van der Waals surface area (Å²) >= 11 is 1.82. The smallest absolute Gasteiger partial charge is 0.303 e. The highest BCUT2D eigenvalue weighted by Gasteiger charge is 2.12. The van der Waals surface area contributed by atoms with Crippen molar-refractivity contribution in [3.63, 3.8) is 0 Å². The Morgan fingerprint density at radius 2 is 2.00 bits per heavy atom. The zero-order valence-electron chi connectivity index (χ0n) is 11.0. The third-order valence-electron chi connectivity index (χ3n) is 2.48. The second-order valence-corrected chi connectivity index (χ2v) is 5.42. The SMILES string of the molecule is C=C(C)C(CCCSc1ccccc1)OC(C)=O. The van der Waals surface area contributed by atoms with Crippen molar-refractivity contribution in [1.82, 2.24) is 0 Å². The van der Waals surface area contributed by atoms with E-state index < -0.39 is 0 Å². The summed E-state index contributed by atoms with van der Waals surface area (Å²) in [5.74, 6) is 0.786. The average Bonchev–Trinajstić information content (AvgIpc) is 2.33. The molecule has 0 aromatic heterocycles. The van der Waals surface area contributed by atoms with Crippen molar-refractivity contribution in [1.29, 1.82) is 0 Å². The Balaban J connectivity index is 2.27. The number of rotatable bonds is 7. The molecule has 0 aliphatic carbocycles. The Morgan fingerprint density at radius 1 is 1.33 bits per heavy atom. The molecule has 0 saturated carbocycles. The van der Waals surface area contributed by atoms with E-state index in [0.717, 1.165) is 24.2 Å². The van der Waals surface area contributed by atoms with Gasteiger partial charge in [-0.1, -0.05) is 24.8 Å². The van der Waals surface area contributed by atoms with Crippen LogP contribution in [-0.2, 0) is 9.53 Å². The van der Waals surface area contributed by atoms with Crippen LogP contribution in [0.1, 0.15) is 26.7 Å². The largest absolute Gasteiger partial charge is 0.458 e. The molecule has 0 aliphatic heterocycles. The van der Waals surface area contributed by atoms with Crippen molar-refractivity contribution >= 4 is 17.7 Å². The van der Waals surface area contributed by atoms with Crippen LogP contribution in [0.2, 0.25) is 0 Å². The normalized spacial score (nSPS) is 11.9. The van der Waals surface area contributed by atoms with Gasteiger partial charge in [0.2, 0.25) is 0 Å². The van der Waals surface area contributed by atoms with Crippen molar-refractivity contribution in [3.8, 4) is 0 Å². The molecule has 1 aromatic rings. The van der Waals surface area contributed by atoms with E-state index in [0.29, 0.717) is 0 Å². The topological polar surface area (TPSA) is 26.3 Å². The minimum absolute atomic E-state index is 0.140. The number of esters is 1. The molecule has 18 heavy (non-hydrogen) atoms. The van der Waals surface area contributed by atoms with Gasteiger partial charge in [0.15, 0.2) is 0 Å². The van der Waals surface area contributed by atoms with Crippen LogP contribution in [0.3, 0.4) is 0 Å². The van der Waals surface area contributed by atoms with Crippen molar-refractivity contribution in [2.45, 2.75) is 37.7 Å². The molecule has 0 aliphatic rings. The lowest BCUT2D eigenvalue weighted by Gasteiger charge is -2.16. The first-order valence-corrected chi connectivity index (χ1v) is 7.08. The van der Waals surface area contributed by atoms with Crippen LogP contribution in [0, 0.1) is 0 Å². The minimum Gasteiger partial charge on any atom is -0.458 e. The van der Waals surface area contributed by atoms with Crippen molar-refractivity contribution in [3.05, 3.63) is 42.5 Å². The zero-order chi connectivity index (χ0) is 13.4. The summed E-state index contributed by atoms with van der Waals surface area (Å²) < 4.78 is 5.22. The molecule has 0 N–H and O–H groups in total. The van der Waals surface area contributed by atoms with Crippen molar-refractivity contribution in [2.75, 3.05) is 5.75 Å². The Morgan fingerprint density at radius 3 is 2.56 bits per heavy atom. The number of hydrogen-bond donors (Lipinski definition) is 0. The van der Waals surface area contributed by atoms with E-state index in [-0.39, 0.29) is 12.1 Å². The van der Waals surface area contributed by atoms with E-state index in [9.17, 15) is 4.79 Å². The van der Waals surface area contributed by atoms with Gasteiger partial charge in [-0.3, -0.25) is 4.79 Å². The molecule has 2 nitrogen and oxygen atoms in total. The summed E-state index contributed by atoms with van der Waals surface area (Å²) in [5.41, 5.74) is 0.912. The van der Waals surface area contributed by atoms with Crippen molar-refractivity contribution < 1.29 is 9.53 Å². The van der Waals surface area contributed by atoms with E-state index in [2.05, 4.69) is 18.7 Å². The zero-order valence-corrected chi connectivity index (χ0v) is 11.8. The first kappa shape index (κ1) is 14.8. The summed E-state index contributed by atoms with van der Waals surface area (Å²) in [6.45, 7) is 7.20. The van der Waals surface area contributed by atoms with Gasteiger partial charge in [-0.15, -0.1) is 11.8 Å². The van der Waals surface area contributed by atoms with E-state index in [1.807, 2.05) is 36.9 Å². The monoisotopic (exact) mass is 264 g/mol. The van der Waals surface area contributed by atoms with Gasteiger partial charge in [-0.05, 0) is 43.2 Å². The first-order chi connectivity index (χ1) is 8.59. The minimum atomic E-state index is -0.237. The van der Waals surface area contributed by atoms with Gasteiger partial charge in [0.1, 0.15) is 6.10 Å². The molecular formula is C15H20O2S. The second-order valence-electron chi connectivity index (χ2n) is 4.25. The number of ether oxygens (including phenoxy) is 1. The van der Waals surface area contributed by atoms with E-state index in [1.54, 1.807) is 0 Å². The number of thioether (sulfide) groups is 1. The van der Waals surface area contributed by atoms with Gasteiger partial charge in [0.25, 0.3) is 0 Å². The highest BCUT2D eigenvalue weighted by atomic mass is 32.2. The standard InChI is InChI=1S/C15H20O2S/c1-12(2)15(17-13(3)16)10-7-11-18-14-8-5-4-6-9-14/h4-6,8-9,15H,1,7,10-11H2,2-3H3. The molecule has 0 heterocycles. The Labute approximate surface area is 113 Å². The van der Waals surface area contributed by atoms with Gasteiger partial charge in [-0.2, -0.15) is 0 Å². The molecule has 1 atom stereocenters. The van der Waals surface area contributed by atoms with Crippen LogP contribution in [0.15, 0.2) is 47.4 Å². The molecule has 0 saturated heterocycles. The lowest BCUT2D eigenvalue weighted by molar-refractivity contribution is -0.144. The molecule has 1 unspecified atom stereocenters. The number of carbonyl (C=O) groups excluding carboxylic acids is 1. The summed E-state index contributed by atoms with van der Waals surface area (Å²) in [7, 11) is 0. The lowest BCUT2D eigenvalue weighted by Crippen LogP contribution is -2.17. The van der Waals surface area contributed by atoms with Gasteiger partial charge < -0.3 is 4.74 Å². The number of hydrogen-bond acceptors (Lipinski definition) is 3. The van der Waals surface area contributed by atoms with Crippen LogP contribution >= 0.6 is 11.8 Å². The predicted molar refractivity (Wildman–Crippen MR) is 76.8 cm³/mol. The van der Waals surface area contributed by atoms with Gasteiger partial charge in [0.05, 0.1) is 0 Å². The van der Waals surface area contributed by atoms with Crippen LogP contribution < -0.4 is 0 Å². The molecule has 0 amide bonds. The highest BCUT2D eigenvalue weighted by Crippen LogP contribution is 2.20. The van der Waals surface area contributed by atoms with E-state index >= 15 is 0 Å². The molecule has 1 rings (SSSR count). The molecule has 0 fully saturated rings. The van der Waals surface area contributed by atoms with Gasteiger partial charge in [0, 0.05) is 11.8 Å². The maximum atomic E-state index is 10.9. The average molecular weight is 264 g/mol. The molecule has 0 radical (unpaired) electrons. The summed E-state index contributed by atoms with van der Waals surface area (Å²) in [4.78, 5) is 12.2. The van der Waals surface area contributed by atoms with E-state index in [1.165, 1.54) is 11.8 Å². The number of carbonyl (C=O) groups is 1. The maximum Gasteiger partial charge on any atom is 0.303 e. The fraction of sp³-hybridized carbons (Fsp3) is 0.400. The lowest BCUT2D eigenvalue weighted by atomic mass is 10.1. The summed E-state index contributed by atoms with van der Waals surface area (Å²) in [6.07, 6.45) is 1.71. The van der Waals surface area contributed by atoms with E-state index in [4.69, 9.17) is 4.74 Å². The van der Waals surface area contributed by atoms with Crippen LogP contribution in [-0.4, -0.2) is 17.8 Å². The third kappa shape index (κ3) is 5.92. The molecule has 98 valence electrons. The number of benzene rings is 1. The second kappa shape index (κ2) is 7.98. The van der Waals surface area contributed by atoms with Gasteiger partial charge in [-0.25, -0.2) is 0 Å². The quantitative estimate of drug-likeness (QED) is 0.321. The Kier molecular flexibility index (Phi) is 6.58. The van der Waals surface area contributed by atoms with Crippen molar-refractivity contribution in [2.24, 2.45) is 0 Å². The summed E-state index contributed by atoms with van der Waals surface area (Å²) in [5, 5.41) is 0. The first-order valence-electron chi connectivity index (χ1n) is 6.10. The molecule has 0 bridgehead atoms. The molecule has 1 aromatic carbocycles. The maximum absolute atomic E-state index is 10.9. The van der Waals surface area contributed by atoms with Gasteiger partial charge >= 0.3 is 5.97 Å². The fourth-order valence-electron chi connectivity index (χ4n) is 1.58. The third-order valence-corrected chi connectivity index (χ3v) is 3.58. The fourth-order valence-corrected chi connectivity index (χ4v) is 2.48. The predicted octanol–water partition coefficient (Wildman–Crippen LogP) is 4.07. The molecule has 3 heteroatoms. The molecule has 0 spiro atoms. The Hall–Kier alpha value is -1.22. The van der Waals surface area contributed by atoms with Crippen LogP contribution in [0.4, 0.5) is 0 Å².